The number of benzene rings is 1. The van der Waals surface area contributed by atoms with E-state index >= 15 is 0 Å². The standard InChI is InChI=1S/C15H16ClN3O/c1-19(2)13-8-9-17-10-12(13)18-15(20)14(16)11-6-4-3-5-7-11/h3-10,14H,1-2H3,(H,18,20). The molecule has 0 fully saturated rings. The molecular weight excluding hydrogens is 274 g/mol. The number of carbonyl (C=O) groups excluding carboxylic acids is 1. The van der Waals surface area contributed by atoms with E-state index in [0.717, 1.165) is 11.3 Å². The molecule has 5 heteroatoms. The maximum absolute atomic E-state index is 12.2. The van der Waals surface area contributed by atoms with Crippen molar-refractivity contribution in [3.63, 3.8) is 0 Å². The maximum Gasteiger partial charge on any atom is 0.247 e. The molecule has 20 heavy (non-hydrogen) atoms. The van der Waals surface area contributed by atoms with Gasteiger partial charge in [-0.15, -0.1) is 11.6 Å². The maximum atomic E-state index is 12.2. The molecule has 1 aromatic heterocycles. The van der Waals surface area contributed by atoms with E-state index in [1.165, 1.54) is 0 Å². The van der Waals surface area contributed by atoms with Crippen LogP contribution >= 0.6 is 11.6 Å². The lowest BCUT2D eigenvalue weighted by molar-refractivity contribution is -0.116. The van der Waals surface area contributed by atoms with Crippen LogP contribution in [-0.2, 0) is 4.79 Å². The van der Waals surface area contributed by atoms with Gasteiger partial charge in [0, 0.05) is 20.3 Å². The van der Waals surface area contributed by atoms with Gasteiger partial charge < -0.3 is 10.2 Å². The fourth-order valence-corrected chi connectivity index (χ4v) is 2.04. The average Bonchev–Trinajstić information content (AvgIpc) is 2.47. The van der Waals surface area contributed by atoms with Crippen molar-refractivity contribution in [3.05, 3.63) is 54.4 Å². The molecule has 104 valence electrons. The number of aromatic nitrogens is 1. The molecule has 1 unspecified atom stereocenters. The predicted molar refractivity (Wildman–Crippen MR) is 82.2 cm³/mol. The van der Waals surface area contributed by atoms with E-state index in [4.69, 9.17) is 11.6 Å². The van der Waals surface area contributed by atoms with Gasteiger partial charge in [-0.25, -0.2) is 0 Å². The molecule has 0 aliphatic rings. The van der Waals surface area contributed by atoms with Gasteiger partial charge in [-0.3, -0.25) is 9.78 Å². The van der Waals surface area contributed by atoms with E-state index in [2.05, 4.69) is 10.3 Å². The van der Waals surface area contributed by atoms with Crippen molar-refractivity contribution < 1.29 is 4.79 Å². The van der Waals surface area contributed by atoms with Crippen molar-refractivity contribution in [3.8, 4) is 0 Å². The van der Waals surface area contributed by atoms with Crippen LogP contribution in [0.3, 0.4) is 0 Å². The van der Waals surface area contributed by atoms with Crippen LogP contribution in [0.5, 0.6) is 0 Å². The molecule has 1 aromatic carbocycles. The lowest BCUT2D eigenvalue weighted by Crippen LogP contribution is -2.20. The van der Waals surface area contributed by atoms with Gasteiger partial charge in [0.25, 0.3) is 0 Å². The van der Waals surface area contributed by atoms with Crippen LogP contribution in [0.15, 0.2) is 48.8 Å². The number of carbonyl (C=O) groups is 1. The van der Waals surface area contributed by atoms with Gasteiger partial charge in [0.2, 0.25) is 5.91 Å². The van der Waals surface area contributed by atoms with Gasteiger partial charge in [-0.2, -0.15) is 0 Å². The average molecular weight is 290 g/mol. The van der Waals surface area contributed by atoms with Crippen LogP contribution in [-0.4, -0.2) is 25.0 Å². The number of anilines is 2. The summed E-state index contributed by atoms with van der Waals surface area (Å²) in [5.41, 5.74) is 2.29. The topological polar surface area (TPSA) is 45.2 Å². The van der Waals surface area contributed by atoms with Crippen molar-refractivity contribution in [2.24, 2.45) is 0 Å². The number of hydrogen-bond donors (Lipinski definition) is 1. The number of amides is 1. The highest BCUT2D eigenvalue weighted by Crippen LogP contribution is 2.26. The van der Waals surface area contributed by atoms with Gasteiger partial charge in [-0.05, 0) is 11.6 Å². The van der Waals surface area contributed by atoms with E-state index in [-0.39, 0.29) is 5.91 Å². The van der Waals surface area contributed by atoms with Crippen LogP contribution in [0.2, 0.25) is 0 Å². The number of pyridine rings is 1. The van der Waals surface area contributed by atoms with Crippen LogP contribution < -0.4 is 10.2 Å². The summed E-state index contributed by atoms with van der Waals surface area (Å²) >= 11 is 6.19. The summed E-state index contributed by atoms with van der Waals surface area (Å²) in [7, 11) is 3.81. The first kappa shape index (κ1) is 14.3. The number of rotatable bonds is 4. The van der Waals surface area contributed by atoms with Crippen molar-refractivity contribution in [1.29, 1.82) is 0 Å². The van der Waals surface area contributed by atoms with Crippen LogP contribution in [0.4, 0.5) is 11.4 Å². The fourth-order valence-electron chi connectivity index (χ4n) is 1.84. The number of halogens is 1. The van der Waals surface area contributed by atoms with Crippen molar-refractivity contribution in [2.75, 3.05) is 24.3 Å². The first-order chi connectivity index (χ1) is 9.59. The van der Waals surface area contributed by atoms with Crippen molar-refractivity contribution >= 4 is 28.9 Å². The second-order valence-electron chi connectivity index (χ2n) is 4.55. The molecule has 0 saturated heterocycles. The molecule has 2 aromatic rings. The van der Waals surface area contributed by atoms with Gasteiger partial charge in [0.05, 0.1) is 17.6 Å². The highest BCUT2D eigenvalue weighted by Gasteiger charge is 2.18. The lowest BCUT2D eigenvalue weighted by atomic mass is 10.1. The first-order valence-electron chi connectivity index (χ1n) is 6.21. The molecule has 0 radical (unpaired) electrons. The third-order valence-electron chi connectivity index (χ3n) is 2.86. The minimum Gasteiger partial charge on any atom is -0.376 e. The molecule has 1 amide bonds. The molecule has 1 atom stereocenters. The van der Waals surface area contributed by atoms with E-state index < -0.39 is 5.38 Å². The summed E-state index contributed by atoms with van der Waals surface area (Å²) in [4.78, 5) is 18.1. The summed E-state index contributed by atoms with van der Waals surface area (Å²) < 4.78 is 0. The van der Waals surface area contributed by atoms with Crippen LogP contribution in [0.25, 0.3) is 0 Å². The summed E-state index contributed by atoms with van der Waals surface area (Å²) in [5.74, 6) is -0.269. The Morgan fingerprint density at radius 1 is 1.25 bits per heavy atom. The Balaban J connectivity index is 2.16. The normalized spacial score (nSPS) is 11.8. The van der Waals surface area contributed by atoms with Crippen molar-refractivity contribution in [2.45, 2.75) is 5.38 Å². The number of hydrogen-bond acceptors (Lipinski definition) is 3. The quantitative estimate of drug-likeness (QED) is 0.880. The van der Waals surface area contributed by atoms with Gasteiger partial charge in [-0.1, -0.05) is 30.3 Å². The number of alkyl halides is 1. The SMILES string of the molecule is CN(C)c1ccncc1NC(=O)C(Cl)c1ccccc1. The Morgan fingerprint density at radius 2 is 1.95 bits per heavy atom. The Kier molecular flexibility index (Phi) is 4.58. The summed E-state index contributed by atoms with van der Waals surface area (Å²) in [6, 6.07) is 11.1. The van der Waals surface area contributed by atoms with Gasteiger partial charge in [0.1, 0.15) is 5.38 Å². The second-order valence-corrected chi connectivity index (χ2v) is 4.99. The summed E-state index contributed by atoms with van der Waals surface area (Å²) in [6.45, 7) is 0. The minimum atomic E-state index is -0.730. The van der Waals surface area contributed by atoms with E-state index in [1.54, 1.807) is 12.4 Å². The van der Waals surface area contributed by atoms with Crippen molar-refractivity contribution in [1.82, 2.24) is 4.98 Å². The third kappa shape index (κ3) is 3.27. The number of nitrogens with one attached hydrogen (secondary N) is 1. The molecule has 4 nitrogen and oxygen atoms in total. The second kappa shape index (κ2) is 6.39. The van der Waals surface area contributed by atoms with E-state index in [9.17, 15) is 4.79 Å². The smallest absolute Gasteiger partial charge is 0.247 e. The van der Waals surface area contributed by atoms with Crippen LogP contribution in [0.1, 0.15) is 10.9 Å². The first-order valence-corrected chi connectivity index (χ1v) is 6.64. The predicted octanol–water partition coefficient (Wildman–Crippen LogP) is 3.07. The summed E-state index contributed by atoms with van der Waals surface area (Å²) in [6.07, 6.45) is 3.29. The zero-order valence-electron chi connectivity index (χ0n) is 11.4. The molecule has 2 rings (SSSR count). The number of nitrogens with zero attached hydrogens (tertiary/aromatic N) is 2. The molecule has 0 saturated carbocycles. The Morgan fingerprint density at radius 3 is 2.60 bits per heavy atom. The summed E-state index contributed by atoms with van der Waals surface area (Å²) in [5, 5.41) is 2.08. The van der Waals surface area contributed by atoms with Gasteiger partial charge >= 0.3 is 0 Å². The van der Waals surface area contributed by atoms with E-state index in [0.29, 0.717) is 5.69 Å². The molecule has 1 N–H and O–H groups in total. The molecule has 0 spiro atoms. The Hall–Kier alpha value is -2.07. The monoisotopic (exact) mass is 289 g/mol. The molecule has 0 bridgehead atoms. The molecule has 0 aliphatic heterocycles. The van der Waals surface area contributed by atoms with E-state index in [1.807, 2.05) is 55.4 Å². The molecule has 1 heterocycles. The van der Waals surface area contributed by atoms with Crippen LogP contribution in [0, 0.1) is 0 Å². The highest BCUT2D eigenvalue weighted by atomic mass is 35.5. The third-order valence-corrected chi connectivity index (χ3v) is 3.31. The Bertz CT molecular complexity index is 587. The minimum absolute atomic E-state index is 0.269. The zero-order valence-corrected chi connectivity index (χ0v) is 12.1. The molecule has 0 aliphatic carbocycles. The molecular formula is C15H16ClN3O. The highest BCUT2D eigenvalue weighted by molar-refractivity contribution is 6.32. The largest absolute Gasteiger partial charge is 0.376 e. The fraction of sp³-hybridized carbons (Fsp3) is 0.200. The van der Waals surface area contributed by atoms with Gasteiger partial charge in [0.15, 0.2) is 0 Å². The Labute approximate surface area is 123 Å². The zero-order chi connectivity index (χ0) is 14.5. The lowest BCUT2D eigenvalue weighted by Gasteiger charge is -2.18.